The predicted molar refractivity (Wildman–Crippen MR) is 72.5 cm³/mol. The van der Waals surface area contributed by atoms with Crippen LogP contribution in [0.25, 0.3) is 22.0 Å². The molecule has 2 aromatic carbocycles. The van der Waals surface area contributed by atoms with Gasteiger partial charge in [0.05, 0.1) is 5.69 Å². The average molecular weight is 236 g/mol. The van der Waals surface area contributed by atoms with Gasteiger partial charge in [-0.15, -0.1) is 0 Å². The Morgan fingerprint density at radius 1 is 1.00 bits per heavy atom. The van der Waals surface area contributed by atoms with Gasteiger partial charge in [0.2, 0.25) is 0 Å². The van der Waals surface area contributed by atoms with Crippen LogP contribution in [0.5, 0.6) is 0 Å². The van der Waals surface area contributed by atoms with E-state index in [1.54, 1.807) is 6.92 Å². The summed E-state index contributed by atoms with van der Waals surface area (Å²) < 4.78 is 0. The average Bonchev–Trinajstić information content (AvgIpc) is 2.41. The maximum Gasteiger partial charge on any atom is 0.267 e. The zero-order valence-electron chi connectivity index (χ0n) is 9.97. The van der Waals surface area contributed by atoms with Gasteiger partial charge in [0, 0.05) is 11.1 Å². The molecule has 0 aliphatic carbocycles. The van der Waals surface area contributed by atoms with Crippen molar-refractivity contribution in [3.05, 3.63) is 64.4 Å². The van der Waals surface area contributed by atoms with Gasteiger partial charge in [-0.25, -0.2) is 5.10 Å². The maximum absolute atomic E-state index is 11.3. The zero-order chi connectivity index (χ0) is 12.5. The van der Waals surface area contributed by atoms with Gasteiger partial charge >= 0.3 is 0 Å². The van der Waals surface area contributed by atoms with Crippen molar-refractivity contribution in [2.75, 3.05) is 0 Å². The minimum Gasteiger partial charge on any atom is -0.268 e. The summed E-state index contributed by atoms with van der Waals surface area (Å²) >= 11 is 0. The van der Waals surface area contributed by atoms with Crippen molar-refractivity contribution in [2.45, 2.75) is 6.92 Å². The Bertz CT molecular complexity index is 775. The molecule has 3 nitrogen and oxygen atoms in total. The van der Waals surface area contributed by atoms with Crippen molar-refractivity contribution in [1.29, 1.82) is 0 Å². The first-order chi connectivity index (χ1) is 8.74. The fourth-order valence-corrected chi connectivity index (χ4v) is 2.00. The van der Waals surface area contributed by atoms with E-state index < -0.39 is 0 Å². The SMILES string of the molecule is Cc1cc(-c2ccc3ccccc3c2)n[nH]c1=O. The van der Waals surface area contributed by atoms with E-state index in [4.69, 9.17) is 0 Å². The summed E-state index contributed by atoms with van der Waals surface area (Å²) in [5.41, 5.74) is 2.33. The normalized spacial score (nSPS) is 10.7. The molecule has 3 aromatic rings. The number of hydrogen-bond acceptors (Lipinski definition) is 2. The molecule has 1 N–H and O–H groups in total. The second-order valence-electron chi connectivity index (χ2n) is 4.33. The molecule has 0 atom stereocenters. The van der Waals surface area contributed by atoms with Crippen molar-refractivity contribution < 1.29 is 0 Å². The number of hydrogen-bond donors (Lipinski definition) is 1. The van der Waals surface area contributed by atoms with Crippen LogP contribution < -0.4 is 5.56 Å². The lowest BCUT2D eigenvalue weighted by Gasteiger charge is -2.03. The van der Waals surface area contributed by atoms with E-state index >= 15 is 0 Å². The standard InChI is InChI=1S/C15H12N2O/c1-10-8-14(16-17-15(10)18)13-7-6-11-4-2-3-5-12(11)9-13/h2-9H,1H3,(H,17,18). The van der Waals surface area contributed by atoms with Crippen molar-refractivity contribution in [3.8, 4) is 11.3 Å². The van der Waals surface area contributed by atoms with Crippen molar-refractivity contribution in [2.24, 2.45) is 0 Å². The number of rotatable bonds is 1. The van der Waals surface area contributed by atoms with Crippen molar-refractivity contribution in [3.63, 3.8) is 0 Å². The molecule has 1 aromatic heterocycles. The maximum atomic E-state index is 11.3. The van der Waals surface area contributed by atoms with Gasteiger partial charge in [-0.05, 0) is 29.8 Å². The first kappa shape index (κ1) is 10.7. The van der Waals surface area contributed by atoms with Crippen LogP contribution in [-0.2, 0) is 0 Å². The topological polar surface area (TPSA) is 45.8 Å². The first-order valence-electron chi connectivity index (χ1n) is 5.79. The third-order valence-corrected chi connectivity index (χ3v) is 3.03. The predicted octanol–water partition coefficient (Wildman–Crippen LogP) is 2.90. The molecule has 0 saturated heterocycles. The van der Waals surface area contributed by atoms with Crippen LogP contribution in [0.2, 0.25) is 0 Å². The molecule has 0 spiro atoms. The molecule has 0 radical (unpaired) electrons. The third-order valence-electron chi connectivity index (χ3n) is 3.03. The largest absolute Gasteiger partial charge is 0.268 e. The molecule has 88 valence electrons. The van der Waals surface area contributed by atoms with E-state index in [0.29, 0.717) is 5.56 Å². The van der Waals surface area contributed by atoms with Crippen molar-refractivity contribution in [1.82, 2.24) is 10.2 Å². The first-order valence-corrected chi connectivity index (χ1v) is 5.79. The van der Waals surface area contributed by atoms with E-state index in [9.17, 15) is 4.79 Å². The molecular weight excluding hydrogens is 224 g/mol. The minimum atomic E-state index is -0.139. The lowest BCUT2D eigenvalue weighted by atomic mass is 10.0. The number of H-pyrrole nitrogens is 1. The highest BCUT2D eigenvalue weighted by Crippen LogP contribution is 2.22. The van der Waals surface area contributed by atoms with E-state index in [0.717, 1.165) is 11.3 Å². The smallest absolute Gasteiger partial charge is 0.267 e. The molecule has 1 heterocycles. The van der Waals surface area contributed by atoms with E-state index in [1.165, 1.54) is 10.8 Å². The number of aromatic nitrogens is 2. The van der Waals surface area contributed by atoms with E-state index in [-0.39, 0.29) is 5.56 Å². The number of fused-ring (bicyclic) bond motifs is 1. The van der Waals surface area contributed by atoms with Crippen LogP contribution in [0.3, 0.4) is 0 Å². The van der Waals surface area contributed by atoms with Crippen LogP contribution in [0.15, 0.2) is 53.3 Å². The molecule has 0 saturated carbocycles. The Labute approximate surface area is 104 Å². The second kappa shape index (κ2) is 4.11. The van der Waals surface area contributed by atoms with Gasteiger partial charge < -0.3 is 0 Å². The molecule has 0 fully saturated rings. The molecule has 0 bridgehead atoms. The van der Waals surface area contributed by atoms with Gasteiger partial charge in [-0.2, -0.15) is 5.10 Å². The number of benzene rings is 2. The molecular formula is C15H12N2O. The van der Waals surface area contributed by atoms with Crippen molar-refractivity contribution >= 4 is 10.8 Å². The Hall–Kier alpha value is -2.42. The summed E-state index contributed by atoms with van der Waals surface area (Å²) in [6, 6.07) is 16.1. The summed E-state index contributed by atoms with van der Waals surface area (Å²) in [5, 5.41) is 8.95. The summed E-state index contributed by atoms with van der Waals surface area (Å²) in [5.74, 6) is 0. The fraction of sp³-hybridized carbons (Fsp3) is 0.0667. The Kier molecular flexibility index (Phi) is 2.45. The van der Waals surface area contributed by atoms with Gasteiger partial charge in [0.15, 0.2) is 0 Å². The monoisotopic (exact) mass is 236 g/mol. The Balaban J connectivity index is 2.19. The summed E-state index contributed by atoms with van der Waals surface area (Å²) in [6.45, 7) is 1.78. The fourth-order valence-electron chi connectivity index (χ4n) is 2.00. The lowest BCUT2D eigenvalue weighted by Crippen LogP contribution is -2.11. The van der Waals surface area contributed by atoms with Gasteiger partial charge in [-0.3, -0.25) is 4.79 Å². The number of aryl methyl sites for hydroxylation is 1. The highest BCUT2D eigenvalue weighted by Gasteiger charge is 2.03. The van der Waals surface area contributed by atoms with Crippen LogP contribution in [0.1, 0.15) is 5.56 Å². The van der Waals surface area contributed by atoms with E-state index in [2.05, 4.69) is 34.5 Å². The van der Waals surface area contributed by atoms with Gasteiger partial charge in [0.25, 0.3) is 5.56 Å². The number of nitrogens with one attached hydrogen (secondary N) is 1. The second-order valence-corrected chi connectivity index (χ2v) is 4.33. The molecule has 0 unspecified atom stereocenters. The highest BCUT2D eigenvalue weighted by molar-refractivity contribution is 5.86. The summed E-state index contributed by atoms with van der Waals surface area (Å²) in [4.78, 5) is 11.3. The summed E-state index contributed by atoms with van der Waals surface area (Å²) in [7, 11) is 0. The molecule has 0 amide bonds. The third kappa shape index (κ3) is 1.80. The lowest BCUT2D eigenvalue weighted by molar-refractivity contribution is 0.976. The van der Waals surface area contributed by atoms with Gasteiger partial charge in [0.1, 0.15) is 0 Å². The molecule has 3 heteroatoms. The minimum absolute atomic E-state index is 0.139. The Morgan fingerprint density at radius 2 is 1.78 bits per heavy atom. The molecule has 0 aliphatic heterocycles. The van der Waals surface area contributed by atoms with Crippen LogP contribution >= 0.6 is 0 Å². The molecule has 0 aliphatic rings. The number of aromatic amines is 1. The molecule has 18 heavy (non-hydrogen) atoms. The molecule has 3 rings (SSSR count). The van der Waals surface area contributed by atoms with Gasteiger partial charge in [-0.1, -0.05) is 36.4 Å². The Morgan fingerprint density at radius 3 is 2.56 bits per heavy atom. The van der Waals surface area contributed by atoms with Crippen LogP contribution in [0.4, 0.5) is 0 Å². The highest BCUT2D eigenvalue weighted by atomic mass is 16.1. The van der Waals surface area contributed by atoms with Crippen LogP contribution in [-0.4, -0.2) is 10.2 Å². The zero-order valence-corrected chi connectivity index (χ0v) is 9.97. The quantitative estimate of drug-likeness (QED) is 0.706. The van der Waals surface area contributed by atoms with E-state index in [1.807, 2.05) is 24.3 Å². The summed E-state index contributed by atoms with van der Waals surface area (Å²) in [6.07, 6.45) is 0. The van der Waals surface area contributed by atoms with Crippen LogP contribution in [0, 0.1) is 6.92 Å². The number of nitrogens with zero attached hydrogens (tertiary/aromatic N) is 1.